The molecule has 134 valence electrons. The van der Waals surface area contributed by atoms with Gasteiger partial charge in [0.25, 0.3) is 5.91 Å². The molecule has 1 aromatic rings. The lowest BCUT2D eigenvalue weighted by Crippen LogP contribution is -2.52. The number of carbonyl (C=O) groups excluding carboxylic acids is 1. The number of nitrogens with one attached hydrogen (secondary N) is 1. The van der Waals surface area contributed by atoms with E-state index in [0.29, 0.717) is 23.1 Å². The first-order valence-electron chi connectivity index (χ1n) is 8.19. The first-order chi connectivity index (χ1) is 11.2. The molecule has 1 unspecified atom stereocenters. The second-order valence-electron chi connectivity index (χ2n) is 6.04. The van der Waals surface area contributed by atoms with Gasteiger partial charge in [-0.2, -0.15) is 0 Å². The molecule has 0 aromatic heterocycles. The normalized spacial score (nSPS) is 21.2. The van der Waals surface area contributed by atoms with Crippen LogP contribution in [0.25, 0.3) is 0 Å². The SMILES string of the molecule is COc1ccc(C(=O)N2CCN(C3CCNC3)CC2)cc1OC.Cl. The molecule has 0 saturated carbocycles. The Morgan fingerprint density at radius 3 is 2.42 bits per heavy atom. The number of ether oxygens (including phenoxy) is 2. The van der Waals surface area contributed by atoms with E-state index >= 15 is 0 Å². The number of piperazine rings is 1. The number of nitrogens with zero attached hydrogens (tertiary/aromatic N) is 2. The summed E-state index contributed by atoms with van der Waals surface area (Å²) in [6.45, 7) is 5.64. The lowest BCUT2D eigenvalue weighted by Gasteiger charge is -2.37. The number of halogens is 1. The molecule has 0 radical (unpaired) electrons. The average Bonchev–Trinajstić information content (AvgIpc) is 3.15. The minimum absolute atomic E-state index is 0. The van der Waals surface area contributed by atoms with Crippen molar-refractivity contribution in [2.24, 2.45) is 0 Å². The second kappa shape index (κ2) is 8.55. The Morgan fingerprint density at radius 1 is 1.12 bits per heavy atom. The zero-order valence-corrected chi connectivity index (χ0v) is 15.1. The van der Waals surface area contributed by atoms with Crippen LogP contribution in [0, 0.1) is 0 Å². The van der Waals surface area contributed by atoms with E-state index in [9.17, 15) is 4.79 Å². The van der Waals surface area contributed by atoms with Crippen LogP contribution in [0.5, 0.6) is 11.5 Å². The highest BCUT2D eigenvalue weighted by Gasteiger charge is 2.28. The maximum Gasteiger partial charge on any atom is 0.254 e. The fourth-order valence-corrected chi connectivity index (χ4v) is 3.39. The molecule has 0 aliphatic carbocycles. The molecule has 2 aliphatic heterocycles. The third kappa shape index (κ3) is 3.94. The van der Waals surface area contributed by atoms with Gasteiger partial charge in [-0.3, -0.25) is 9.69 Å². The Bertz CT molecular complexity index is 556. The van der Waals surface area contributed by atoms with Gasteiger partial charge in [0.1, 0.15) is 0 Å². The van der Waals surface area contributed by atoms with Gasteiger partial charge in [0, 0.05) is 44.3 Å². The highest BCUT2D eigenvalue weighted by Crippen LogP contribution is 2.28. The standard InChI is InChI=1S/C17H25N3O3.ClH/c1-22-15-4-3-13(11-16(15)23-2)17(21)20-9-7-19(8-10-20)14-5-6-18-12-14;/h3-4,11,14,18H,5-10,12H2,1-2H3;1H. The number of amides is 1. The predicted molar refractivity (Wildman–Crippen MR) is 95.5 cm³/mol. The zero-order chi connectivity index (χ0) is 16.2. The molecule has 1 atom stereocenters. The molecule has 7 heteroatoms. The number of benzene rings is 1. The highest BCUT2D eigenvalue weighted by atomic mass is 35.5. The number of methoxy groups -OCH3 is 2. The van der Waals surface area contributed by atoms with Gasteiger partial charge >= 0.3 is 0 Å². The molecule has 24 heavy (non-hydrogen) atoms. The van der Waals surface area contributed by atoms with Crippen LogP contribution in [0.15, 0.2) is 18.2 Å². The topological polar surface area (TPSA) is 54.0 Å². The Balaban J connectivity index is 0.00000208. The largest absolute Gasteiger partial charge is 0.493 e. The molecule has 2 saturated heterocycles. The third-order valence-corrected chi connectivity index (χ3v) is 4.78. The van der Waals surface area contributed by atoms with Crippen molar-refractivity contribution in [3.05, 3.63) is 23.8 Å². The predicted octanol–water partition coefficient (Wildman–Crippen LogP) is 1.25. The van der Waals surface area contributed by atoms with Crippen LogP contribution in [0.3, 0.4) is 0 Å². The minimum Gasteiger partial charge on any atom is -0.493 e. The molecule has 1 amide bonds. The van der Waals surface area contributed by atoms with Crippen LogP contribution in [-0.2, 0) is 0 Å². The van der Waals surface area contributed by atoms with Gasteiger partial charge in [-0.05, 0) is 31.2 Å². The number of hydrogen-bond donors (Lipinski definition) is 1. The van der Waals surface area contributed by atoms with Crippen molar-refractivity contribution in [3.63, 3.8) is 0 Å². The first-order valence-corrected chi connectivity index (χ1v) is 8.19. The molecule has 0 spiro atoms. The summed E-state index contributed by atoms with van der Waals surface area (Å²) in [4.78, 5) is 17.1. The molecule has 1 N–H and O–H groups in total. The van der Waals surface area contributed by atoms with Crippen molar-refractivity contribution in [2.75, 3.05) is 53.5 Å². The van der Waals surface area contributed by atoms with Gasteiger partial charge in [-0.1, -0.05) is 0 Å². The second-order valence-corrected chi connectivity index (χ2v) is 6.04. The fourth-order valence-electron chi connectivity index (χ4n) is 3.39. The van der Waals surface area contributed by atoms with Crippen molar-refractivity contribution in [2.45, 2.75) is 12.5 Å². The van der Waals surface area contributed by atoms with Crippen LogP contribution < -0.4 is 14.8 Å². The quantitative estimate of drug-likeness (QED) is 0.880. The van der Waals surface area contributed by atoms with Gasteiger partial charge in [0.05, 0.1) is 14.2 Å². The summed E-state index contributed by atoms with van der Waals surface area (Å²) >= 11 is 0. The Labute approximate surface area is 149 Å². The molecule has 1 aromatic carbocycles. The van der Waals surface area contributed by atoms with E-state index in [1.54, 1.807) is 32.4 Å². The van der Waals surface area contributed by atoms with Gasteiger partial charge in [-0.25, -0.2) is 0 Å². The van der Waals surface area contributed by atoms with Crippen molar-refractivity contribution in [1.29, 1.82) is 0 Å². The van der Waals surface area contributed by atoms with E-state index in [2.05, 4.69) is 10.2 Å². The van der Waals surface area contributed by atoms with Crippen molar-refractivity contribution in [3.8, 4) is 11.5 Å². The smallest absolute Gasteiger partial charge is 0.254 e. The van der Waals surface area contributed by atoms with Crippen molar-refractivity contribution < 1.29 is 14.3 Å². The fraction of sp³-hybridized carbons (Fsp3) is 0.588. The first kappa shape index (κ1) is 18.8. The van der Waals surface area contributed by atoms with Crippen LogP contribution in [0.4, 0.5) is 0 Å². The molecular weight excluding hydrogens is 330 g/mol. The number of carbonyl (C=O) groups is 1. The molecular formula is C17H26ClN3O3. The number of rotatable bonds is 4. The summed E-state index contributed by atoms with van der Waals surface area (Å²) in [5, 5.41) is 3.40. The van der Waals surface area contributed by atoms with Crippen LogP contribution in [-0.4, -0.2) is 75.2 Å². The van der Waals surface area contributed by atoms with E-state index in [0.717, 1.165) is 39.3 Å². The van der Waals surface area contributed by atoms with Crippen LogP contribution in [0.2, 0.25) is 0 Å². The summed E-state index contributed by atoms with van der Waals surface area (Å²) in [7, 11) is 3.18. The van der Waals surface area contributed by atoms with E-state index in [1.807, 2.05) is 4.90 Å². The van der Waals surface area contributed by atoms with E-state index < -0.39 is 0 Å². The van der Waals surface area contributed by atoms with Gasteiger partial charge in [0.15, 0.2) is 11.5 Å². The maximum absolute atomic E-state index is 12.7. The molecule has 3 rings (SSSR count). The van der Waals surface area contributed by atoms with Crippen molar-refractivity contribution >= 4 is 18.3 Å². The number of hydrogen-bond acceptors (Lipinski definition) is 5. The van der Waals surface area contributed by atoms with Crippen molar-refractivity contribution in [1.82, 2.24) is 15.1 Å². The Kier molecular flexibility index (Phi) is 6.71. The summed E-state index contributed by atoms with van der Waals surface area (Å²) in [5.74, 6) is 1.30. The Morgan fingerprint density at radius 2 is 1.83 bits per heavy atom. The lowest BCUT2D eigenvalue weighted by atomic mass is 10.1. The summed E-state index contributed by atoms with van der Waals surface area (Å²) in [6.07, 6.45) is 1.21. The van der Waals surface area contributed by atoms with E-state index in [4.69, 9.17) is 9.47 Å². The van der Waals surface area contributed by atoms with E-state index in [-0.39, 0.29) is 18.3 Å². The van der Waals surface area contributed by atoms with Gasteiger partial charge in [0.2, 0.25) is 0 Å². The van der Waals surface area contributed by atoms with Gasteiger partial charge < -0.3 is 19.7 Å². The summed E-state index contributed by atoms with van der Waals surface area (Å²) in [5.41, 5.74) is 0.652. The molecule has 2 heterocycles. The average molecular weight is 356 g/mol. The monoisotopic (exact) mass is 355 g/mol. The lowest BCUT2D eigenvalue weighted by molar-refractivity contribution is 0.0583. The summed E-state index contributed by atoms with van der Waals surface area (Å²) < 4.78 is 10.5. The van der Waals surface area contributed by atoms with Crippen LogP contribution >= 0.6 is 12.4 Å². The molecule has 2 aliphatic rings. The molecule has 6 nitrogen and oxygen atoms in total. The highest BCUT2D eigenvalue weighted by molar-refractivity contribution is 5.95. The third-order valence-electron chi connectivity index (χ3n) is 4.78. The zero-order valence-electron chi connectivity index (χ0n) is 14.3. The minimum atomic E-state index is 0. The maximum atomic E-state index is 12.7. The molecule has 2 fully saturated rings. The summed E-state index contributed by atoms with van der Waals surface area (Å²) in [6, 6.07) is 5.98. The van der Waals surface area contributed by atoms with Gasteiger partial charge in [-0.15, -0.1) is 12.4 Å². The van der Waals surface area contributed by atoms with E-state index in [1.165, 1.54) is 6.42 Å². The molecule has 0 bridgehead atoms. The Hall–Kier alpha value is -1.50. The van der Waals surface area contributed by atoms with Crippen LogP contribution in [0.1, 0.15) is 16.8 Å².